The lowest BCUT2D eigenvalue weighted by Crippen LogP contribution is -2.56. The number of carbonyl (C=O) groups is 1. The van der Waals surface area contributed by atoms with Gasteiger partial charge in [0.25, 0.3) is 0 Å². The Kier molecular flexibility index (Phi) is 6.74. The molecule has 0 bridgehead atoms. The van der Waals surface area contributed by atoms with Crippen LogP contribution in [0.4, 0.5) is 10.5 Å². The average molecular weight is 409 g/mol. The molecule has 0 spiro atoms. The number of hydrogen-bond acceptors (Lipinski definition) is 4. The minimum atomic E-state index is 0.0559. The van der Waals surface area contributed by atoms with Crippen molar-refractivity contribution in [1.29, 1.82) is 0 Å². The average Bonchev–Trinajstić information content (AvgIpc) is 2.83. The van der Waals surface area contributed by atoms with Gasteiger partial charge in [-0.05, 0) is 42.7 Å². The Balaban J connectivity index is 1.26. The van der Waals surface area contributed by atoms with Crippen LogP contribution in [0.5, 0.6) is 5.75 Å². The van der Waals surface area contributed by atoms with E-state index < -0.39 is 0 Å². The van der Waals surface area contributed by atoms with E-state index in [2.05, 4.69) is 27.2 Å². The number of ether oxygens (including phenoxy) is 1. The Labute approximate surface area is 179 Å². The highest BCUT2D eigenvalue weighted by Gasteiger charge is 2.30. The standard InChI is InChI=1S/C24H32N4O2/c1-30-23-11-9-21(10-12-23)26-14-16-27(17-15-26)22-8-5-13-28(19-22)24(29)25-18-20-6-3-2-4-7-20/h2-4,6-7,9-12,22H,5,8,13-19H2,1H3,(H,25,29)/t22-/m0/s1. The highest BCUT2D eigenvalue weighted by atomic mass is 16.5. The number of piperidine rings is 1. The van der Waals surface area contributed by atoms with E-state index in [4.69, 9.17) is 4.74 Å². The molecule has 2 heterocycles. The second-order valence-corrected chi connectivity index (χ2v) is 8.11. The van der Waals surface area contributed by atoms with Gasteiger partial charge in [0.05, 0.1) is 7.11 Å². The molecule has 0 saturated carbocycles. The first-order valence-corrected chi connectivity index (χ1v) is 10.9. The van der Waals surface area contributed by atoms with Crippen LogP contribution in [0.2, 0.25) is 0 Å². The summed E-state index contributed by atoms with van der Waals surface area (Å²) >= 11 is 0. The summed E-state index contributed by atoms with van der Waals surface area (Å²) in [5.74, 6) is 0.894. The SMILES string of the molecule is COc1ccc(N2CCN([C@H]3CCCN(C(=O)NCc4ccccc4)C3)CC2)cc1. The van der Waals surface area contributed by atoms with Gasteiger partial charge in [0.2, 0.25) is 0 Å². The van der Waals surface area contributed by atoms with Gasteiger partial charge in [-0.25, -0.2) is 4.79 Å². The molecule has 0 unspecified atom stereocenters. The topological polar surface area (TPSA) is 48.1 Å². The predicted molar refractivity (Wildman–Crippen MR) is 120 cm³/mol. The third-order valence-electron chi connectivity index (χ3n) is 6.24. The smallest absolute Gasteiger partial charge is 0.317 e. The number of anilines is 1. The van der Waals surface area contributed by atoms with Crippen LogP contribution in [0.1, 0.15) is 18.4 Å². The third-order valence-corrected chi connectivity index (χ3v) is 6.24. The first-order chi connectivity index (χ1) is 14.7. The lowest BCUT2D eigenvalue weighted by atomic mass is 10.0. The molecule has 0 aromatic heterocycles. The van der Waals surface area contributed by atoms with Crippen LogP contribution in [-0.4, -0.2) is 68.3 Å². The Morgan fingerprint density at radius 3 is 2.43 bits per heavy atom. The number of nitrogens with zero attached hydrogens (tertiary/aromatic N) is 3. The van der Waals surface area contributed by atoms with Crippen molar-refractivity contribution in [3.63, 3.8) is 0 Å². The Morgan fingerprint density at radius 2 is 1.73 bits per heavy atom. The molecule has 4 rings (SSSR count). The minimum absolute atomic E-state index is 0.0559. The van der Waals surface area contributed by atoms with Gasteiger partial charge in [-0.15, -0.1) is 0 Å². The molecule has 2 aromatic carbocycles. The summed E-state index contributed by atoms with van der Waals surface area (Å²) in [6.07, 6.45) is 2.24. The van der Waals surface area contributed by atoms with Crippen LogP contribution in [0, 0.1) is 0 Å². The Morgan fingerprint density at radius 1 is 1.00 bits per heavy atom. The summed E-state index contributed by atoms with van der Waals surface area (Å²) in [4.78, 5) is 19.7. The third kappa shape index (κ3) is 5.05. The molecule has 6 heteroatoms. The first kappa shape index (κ1) is 20.5. The maximum absolute atomic E-state index is 12.7. The molecule has 2 aliphatic heterocycles. The van der Waals surface area contributed by atoms with Crippen LogP contribution in [0.25, 0.3) is 0 Å². The van der Waals surface area contributed by atoms with Crippen LogP contribution in [0.3, 0.4) is 0 Å². The molecule has 2 amide bonds. The zero-order valence-electron chi connectivity index (χ0n) is 17.8. The van der Waals surface area contributed by atoms with Gasteiger partial charge in [0.15, 0.2) is 0 Å². The highest BCUT2D eigenvalue weighted by molar-refractivity contribution is 5.74. The van der Waals surface area contributed by atoms with Crippen molar-refractivity contribution < 1.29 is 9.53 Å². The van der Waals surface area contributed by atoms with Crippen molar-refractivity contribution >= 4 is 11.7 Å². The molecule has 6 nitrogen and oxygen atoms in total. The molecule has 2 aliphatic rings. The van der Waals surface area contributed by atoms with E-state index in [1.54, 1.807) is 7.11 Å². The molecule has 0 radical (unpaired) electrons. The number of carbonyl (C=O) groups excluding carboxylic acids is 1. The number of nitrogens with one attached hydrogen (secondary N) is 1. The van der Waals surface area contributed by atoms with E-state index in [9.17, 15) is 4.79 Å². The van der Waals surface area contributed by atoms with Gasteiger partial charge < -0.3 is 19.9 Å². The molecule has 1 N–H and O–H groups in total. The lowest BCUT2D eigenvalue weighted by Gasteiger charge is -2.43. The zero-order chi connectivity index (χ0) is 20.8. The number of benzene rings is 2. The number of likely N-dealkylation sites (tertiary alicyclic amines) is 1. The molecule has 2 saturated heterocycles. The Bertz CT molecular complexity index is 804. The molecule has 2 aromatic rings. The molecular weight excluding hydrogens is 376 g/mol. The van der Waals surface area contributed by atoms with Crippen LogP contribution >= 0.6 is 0 Å². The summed E-state index contributed by atoms with van der Waals surface area (Å²) < 4.78 is 5.26. The number of hydrogen-bond donors (Lipinski definition) is 1. The number of rotatable bonds is 5. The summed E-state index contributed by atoms with van der Waals surface area (Å²) in [5.41, 5.74) is 2.38. The quantitative estimate of drug-likeness (QED) is 0.826. The fraction of sp³-hybridized carbons (Fsp3) is 0.458. The second-order valence-electron chi connectivity index (χ2n) is 8.11. The van der Waals surface area contributed by atoms with Crippen molar-refractivity contribution in [3.8, 4) is 5.75 Å². The second kappa shape index (κ2) is 9.85. The normalized spacial score (nSPS) is 20.1. The highest BCUT2D eigenvalue weighted by Crippen LogP contribution is 2.23. The first-order valence-electron chi connectivity index (χ1n) is 10.9. The van der Waals surface area contributed by atoms with Gasteiger partial charge in [-0.2, -0.15) is 0 Å². The van der Waals surface area contributed by atoms with Crippen molar-refractivity contribution in [2.24, 2.45) is 0 Å². The number of urea groups is 1. The molecule has 160 valence electrons. The van der Waals surface area contributed by atoms with Crippen LogP contribution in [0.15, 0.2) is 54.6 Å². The number of amides is 2. The van der Waals surface area contributed by atoms with Crippen LogP contribution < -0.4 is 15.0 Å². The van der Waals surface area contributed by atoms with Crippen molar-refractivity contribution in [2.75, 3.05) is 51.3 Å². The summed E-state index contributed by atoms with van der Waals surface area (Å²) in [7, 11) is 1.70. The van der Waals surface area contributed by atoms with E-state index in [1.165, 1.54) is 12.1 Å². The monoisotopic (exact) mass is 408 g/mol. The number of methoxy groups -OCH3 is 1. The molecular formula is C24H32N4O2. The predicted octanol–water partition coefficient (Wildman–Crippen LogP) is 3.19. The fourth-order valence-corrected chi connectivity index (χ4v) is 4.46. The van der Waals surface area contributed by atoms with Gasteiger partial charge in [0.1, 0.15) is 5.75 Å². The van der Waals surface area contributed by atoms with Gasteiger partial charge in [-0.1, -0.05) is 30.3 Å². The summed E-state index contributed by atoms with van der Waals surface area (Å²) in [6, 6.07) is 18.9. The summed E-state index contributed by atoms with van der Waals surface area (Å²) in [6.45, 7) is 6.37. The lowest BCUT2D eigenvalue weighted by molar-refractivity contribution is 0.104. The molecule has 2 fully saturated rings. The van der Waals surface area contributed by atoms with Crippen LogP contribution in [-0.2, 0) is 6.54 Å². The zero-order valence-corrected chi connectivity index (χ0v) is 17.8. The molecule has 1 atom stereocenters. The molecule has 30 heavy (non-hydrogen) atoms. The fourth-order valence-electron chi connectivity index (χ4n) is 4.46. The van der Waals surface area contributed by atoms with Gasteiger partial charge >= 0.3 is 6.03 Å². The van der Waals surface area contributed by atoms with E-state index in [1.807, 2.05) is 47.4 Å². The van der Waals surface area contributed by atoms with E-state index >= 15 is 0 Å². The maximum atomic E-state index is 12.7. The number of piperazine rings is 1. The van der Waals surface area contributed by atoms with Crippen molar-refractivity contribution in [2.45, 2.75) is 25.4 Å². The molecule has 0 aliphatic carbocycles. The van der Waals surface area contributed by atoms with Crippen molar-refractivity contribution in [1.82, 2.24) is 15.1 Å². The summed E-state index contributed by atoms with van der Waals surface area (Å²) in [5, 5.41) is 3.08. The van der Waals surface area contributed by atoms with E-state index in [0.717, 1.165) is 57.0 Å². The minimum Gasteiger partial charge on any atom is -0.497 e. The van der Waals surface area contributed by atoms with Gasteiger partial charge in [0, 0.05) is 57.5 Å². The largest absolute Gasteiger partial charge is 0.497 e. The van der Waals surface area contributed by atoms with Crippen molar-refractivity contribution in [3.05, 3.63) is 60.2 Å². The maximum Gasteiger partial charge on any atom is 0.317 e. The van der Waals surface area contributed by atoms with E-state index in [0.29, 0.717) is 12.6 Å². The Hall–Kier alpha value is -2.73. The van der Waals surface area contributed by atoms with E-state index in [-0.39, 0.29) is 6.03 Å². The van der Waals surface area contributed by atoms with Gasteiger partial charge in [-0.3, -0.25) is 4.90 Å².